The molecule has 1 heterocycles. The van der Waals surface area contributed by atoms with Crippen molar-refractivity contribution in [2.24, 2.45) is 0 Å². The summed E-state index contributed by atoms with van der Waals surface area (Å²) in [6.07, 6.45) is 1.10. The third kappa shape index (κ3) is 5.42. The highest BCUT2D eigenvalue weighted by atomic mass is 32.1. The fraction of sp³-hybridized carbons (Fsp3) is 0.185. The second kappa shape index (κ2) is 9.79. The van der Waals surface area contributed by atoms with Gasteiger partial charge in [-0.15, -0.1) is 11.3 Å². The van der Waals surface area contributed by atoms with E-state index in [1.807, 2.05) is 67.5 Å². The van der Waals surface area contributed by atoms with Crippen molar-refractivity contribution >= 4 is 28.6 Å². The highest BCUT2D eigenvalue weighted by Gasteiger charge is 2.10. The van der Waals surface area contributed by atoms with Crippen molar-refractivity contribution in [2.75, 3.05) is 24.3 Å². The fourth-order valence-electron chi connectivity index (χ4n) is 3.54. The molecule has 4 nitrogen and oxygen atoms in total. The van der Waals surface area contributed by atoms with E-state index in [2.05, 4.69) is 41.9 Å². The van der Waals surface area contributed by atoms with Crippen LogP contribution in [-0.2, 0) is 17.6 Å². The molecule has 0 bridgehead atoms. The number of aromatic nitrogens is 1. The van der Waals surface area contributed by atoms with E-state index in [1.54, 1.807) is 11.3 Å². The molecule has 0 aliphatic rings. The predicted molar refractivity (Wildman–Crippen MR) is 135 cm³/mol. The Labute approximate surface area is 193 Å². The first-order valence-electron chi connectivity index (χ1n) is 10.6. The molecule has 1 N–H and O–H groups in total. The Balaban J connectivity index is 1.42. The Bertz CT molecular complexity index is 1200. The fourth-order valence-corrected chi connectivity index (χ4v) is 4.37. The van der Waals surface area contributed by atoms with Gasteiger partial charge in [-0.3, -0.25) is 4.79 Å². The number of amides is 1. The molecule has 0 atom stereocenters. The summed E-state index contributed by atoms with van der Waals surface area (Å²) in [5.74, 6) is -0.0157. The summed E-state index contributed by atoms with van der Waals surface area (Å²) in [6.45, 7) is 2.10. The average Bonchev–Trinajstić information content (AvgIpc) is 3.25. The Hall–Kier alpha value is -3.44. The molecule has 0 aliphatic heterocycles. The molecule has 4 aromatic rings. The van der Waals surface area contributed by atoms with E-state index in [4.69, 9.17) is 4.98 Å². The molecule has 32 heavy (non-hydrogen) atoms. The summed E-state index contributed by atoms with van der Waals surface area (Å²) in [6, 6.07) is 24.4. The zero-order valence-corrected chi connectivity index (χ0v) is 19.4. The lowest BCUT2D eigenvalue weighted by atomic mass is 10.0. The molecule has 5 heteroatoms. The molecular weight excluding hydrogens is 414 g/mol. The van der Waals surface area contributed by atoms with Gasteiger partial charge in [0.15, 0.2) is 0 Å². The first-order chi connectivity index (χ1) is 15.5. The van der Waals surface area contributed by atoms with Crippen molar-refractivity contribution in [3.8, 4) is 11.3 Å². The van der Waals surface area contributed by atoms with Crippen molar-refractivity contribution in [3.05, 3.63) is 99.9 Å². The quantitative estimate of drug-likeness (QED) is 0.385. The van der Waals surface area contributed by atoms with Crippen LogP contribution in [0.25, 0.3) is 11.3 Å². The third-order valence-electron chi connectivity index (χ3n) is 5.41. The number of nitrogens with zero attached hydrogens (tertiary/aromatic N) is 2. The first-order valence-corrected chi connectivity index (χ1v) is 11.5. The molecule has 0 radical (unpaired) electrons. The number of hydrogen-bond acceptors (Lipinski definition) is 4. The second-order valence-corrected chi connectivity index (χ2v) is 9.04. The standard InChI is InChI=1S/C27H27N3OS/c1-19-9-12-23(28-26(31)15-20-10-13-24(14-11-20)30(2)3)16-22(19)17-27-29-25(18-32-27)21-7-5-4-6-8-21/h4-14,16,18H,15,17H2,1-3H3,(H,28,31). The van der Waals surface area contributed by atoms with Gasteiger partial charge < -0.3 is 10.2 Å². The van der Waals surface area contributed by atoms with Gasteiger partial charge in [-0.2, -0.15) is 0 Å². The van der Waals surface area contributed by atoms with Crippen LogP contribution < -0.4 is 10.2 Å². The van der Waals surface area contributed by atoms with Gasteiger partial charge in [0.1, 0.15) is 0 Å². The zero-order chi connectivity index (χ0) is 22.5. The van der Waals surface area contributed by atoms with E-state index in [-0.39, 0.29) is 5.91 Å². The number of anilines is 2. The largest absolute Gasteiger partial charge is 0.378 e. The van der Waals surface area contributed by atoms with Crippen LogP contribution in [0.4, 0.5) is 11.4 Å². The SMILES string of the molecule is Cc1ccc(NC(=O)Cc2ccc(N(C)C)cc2)cc1Cc1nc(-c2ccccc2)cs1. The molecule has 0 fully saturated rings. The van der Waals surface area contributed by atoms with Crippen molar-refractivity contribution in [2.45, 2.75) is 19.8 Å². The molecule has 162 valence electrons. The van der Waals surface area contributed by atoms with Crippen LogP contribution in [0.5, 0.6) is 0 Å². The minimum Gasteiger partial charge on any atom is -0.378 e. The first kappa shape index (κ1) is 21.8. The van der Waals surface area contributed by atoms with E-state index in [9.17, 15) is 4.79 Å². The van der Waals surface area contributed by atoms with Crippen LogP contribution in [0.3, 0.4) is 0 Å². The van der Waals surface area contributed by atoms with E-state index >= 15 is 0 Å². The Morgan fingerprint density at radius 1 is 1.00 bits per heavy atom. The third-order valence-corrected chi connectivity index (χ3v) is 6.26. The van der Waals surface area contributed by atoms with Crippen LogP contribution in [0.15, 0.2) is 78.2 Å². The van der Waals surface area contributed by atoms with Crippen molar-refractivity contribution in [1.29, 1.82) is 0 Å². The summed E-state index contributed by atoms with van der Waals surface area (Å²) in [5, 5.41) is 6.22. The van der Waals surface area contributed by atoms with Crippen LogP contribution in [-0.4, -0.2) is 25.0 Å². The minimum atomic E-state index is -0.0157. The zero-order valence-electron chi connectivity index (χ0n) is 18.6. The Morgan fingerprint density at radius 2 is 1.75 bits per heavy atom. The van der Waals surface area contributed by atoms with Gasteiger partial charge >= 0.3 is 0 Å². The molecule has 1 amide bonds. The number of hydrogen-bond donors (Lipinski definition) is 1. The molecule has 1 aromatic heterocycles. The smallest absolute Gasteiger partial charge is 0.228 e. The number of carbonyl (C=O) groups excluding carboxylic acids is 1. The number of rotatable bonds is 7. The lowest BCUT2D eigenvalue weighted by Gasteiger charge is -2.13. The maximum atomic E-state index is 12.6. The molecule has 0 saturated heterocycles. The van der Waals surface area contributed by atoms with E-state index < -0.39 is 0 Å². The molecule has 0 aliphatic carbocycles. The maximum Gasteiger partial charge on any atom is 0.228 e. The normalized spacial score (nSPS) is 10.7. The lowest BCUT2D eigenvalue weighted by molar-refractivity contribution is -0.115. The van der Waals surface area contributed by atoms with Crippen molar-refractivity contribution in [1.82, 2.24) is 4.98 Å². The average molecular weight is 442 g/mol. The molecular formula is C27H27N3OS. The number of thiazole rings is 1. The number of aryl methyl sites for hydroxylation is 1. The summed E-state index contributed by atoms with van der Waals surface area (Å²) >= 11 is 1.67. The van der Waals surface area contributed by atoms with Crippen LogP contribution in [0, 0.1) is 6.92 Å². The van der Waals surface area contributed by atoms with Gasteiger partial charge in [0, 0.05) is 42.8 Å². The van der Waals surface area contributed by atoms with Gasteiger partial charge in [-0.1, -0.05) is 48.5 Å². The minimum absolute atomic E-state index is 0.0157. The summed E-state index contributed by atoms with van der Waals surface area (Å²) in [4.78, 5) is 19.4. The molecule has 0 spiro atoms. The Morgan fingerprint density at radius 3 is 2.47 bits per heavy atom. The van der Waals surface area contributed by atoms with E-state index in [0.717, 1.165) is 39.6 Å². The Kier molecular flexibility index (Phi) is 6.66. The van der Waals surface area contributed by atoms with Crippen LogP contribution >= 0.6 is 11.3 Å². The highest BCUT2D eigenvalue weighted by molar-refractivity contribution is 7.10. The van der Waals surface area contributed by atoms with Gasteiger partial charge in [0.2, 0.25) is 5.91 Å². The number of nitrogens with one attached hydrogen (secondary N) is 1. The topological polar surface area (TPSA) is 45.2 Å². The van der Waals surface area contributed by atoms with Gasteiger partial charge in [0.25, 0.3) is 0 Å². The van der Waals surface area contributed by atoms with Gasteiger partial charge in [-0.25, -0.2) is 4.98 Å². The molecule has 4 rings (SSSR count). The number of carbonyl (C=O) groups is 1. The maximum absolute atomic E-state index is 12.6. The van der Waals surface area contributed by atoms with Gasteiger partial charge in [-0.05, 0) is 47.9 Å². The summed E-state index contributed by atoms with van der Waals surface area (Å²) in [5.41, 5.74) is 7.44. The van der Waals surface area contributed by atoms with E-state index in [1.165, 1.54) is 11.1 Å². The predicted octanol–water partition coefficient (Wildman–Crippen LogP) is 5.96. The summed E-state index contributed by atoms with van der Waals surface area (Å²) < 4.78 is 0. The second-order valence-electron chi connectivity index (χ2n) is 8.10. The highest BCUT2D eigenvalue weighted by Crippen LogP contribution is 2.25. The number of benzene rings is 3. The van der Waals surface area contributed by atoms with Crippen molar-refractivity contribution in [3.63, 3.8) is 0 Å². The monoisotopic (exact) mass is 441 g/mol. The summed E-state index contributed by atoms with van der Waals surface area (Å²) in [7, 11) is 4.01. The van der Waals surface area contributed by atoms with Crippen LogP contribution in [0.1, 0.15) is 21.7 Å². The molecule has 3 aromatic carbocycles. The lowest BCUT2D eigenvalue weighted by Crippen LogP contribution is -2.15. The molecule has 0 saturated carbocycles. The van der Waals surface area contributed by atoms with Crippen LogP contribution in [0.2, 0.25) is 0 Å². The molecule has 0 unspecified atom stereocenters. The van der Waals surface area contributed by atoms with Gasteiger partial charge in [0.05, 0.1) is 17.1 Å². The van der Waals surface area contributed by atoms with E-state index in [0.29, 0.717) is 6.42 Å². The van der Waals surface area contributed by atoms with Crippen molar-refractivity contribution < 1.29 is 4.79 Å².